The van der Waals surface area contributed by atoms with E-state index in [0.29, 0.717) is 6.04 Å². The van der Waals surface area contributed by atoms with Crippen LogP contribution in [0, 0.1) is 0 Å². The Bertz CT molecular complexity index is 559. The summed E-state index contributed by atoms with van der Waals surface area (Å²) >= 11 is 0. The van der Waals surface area contributed by atoms with E-state index < -0.39 is 0 Å². The van der Waals surface area contributed by atoms with E-state index in [1.54, 1.807) is 7.05 Å². The summed E-state index contributed by atoms with van der Waals surface area (Å²) in [4.78, 5) is 6.32. The highest BCUT2D eigenvalue weighted by Gasteiger charge is 2.23. The third kappa shape index (κ3) is 3.39. The van der Waals surface area contributed by atoms with Gasteiger partial charge in [-0.1, -0.05) is 18.2 Å². The highest BCUT2D eigenvalue weighted by atomic mass is 15.6. The molecule has 1 aromatic heterocycles. The quantitative estimate of drug-likeness (QED) is 0.848. The molecule has 0 saturated carbocycles. The van der Waals surface area contributed by atoms with Crippen molar-refractivity contribution in [3.8, 4) is 0 Å². The average molecular weight is 286 g/mol. The molecule has 0 spiro atoms. The van der Waals surface area contributed by atoms with Crippen LogP contribution in [0.2, 0.25) is 0 Å². The summed E-state index contributed by atoms with van der Waals surface area (Å²) in [6.07, 6.45) is 2.34. The van der Waals surface area contributed by atoms with Crippen LogP contribution in [0.15, 0.2) is 30.3 Å². The first-order chi connectivity index (χ1) is 10.2. The van der Waals surface area contributed by atoms with Crippen molar-refractivity contribution in [2.45, 2.75) is 25.4 Å². The Morgan fingerprint density at radius 3 is 2.52 bits per heavy atom. The third-order valence-electron chi connectivity index (χ3n) is 4.15. The van der Waals surface area contributed by atoms with E-state index in [-0.39, 0.29) is 0 Å². The second-order valence-corrected chi connectivity index (χ2v) is 5.66. The number of aromatic nitrogens is 4. The minimum atomic E-state index is 0.591. The largest absolute Gasteiger partial charge is 0.371 e. The third-order valence-corrected chi connectivity index (χ3v) is 4.15. The highest BCUT2D eigenvalue weighted by Crippen LogP contribution is 2.22. The molecule has 1 aliphatic rings. The number of nitrogens with zero attached hydrogens (tertiary/aromatic N) is 6. The SMILES string of the molecule is CN(Cc1nnn(C)n1)C1CCN(c2ccccc2)CC1. The lowest BCUT2D eigenvalue weighted by Gasteiger charge is -2.37. The summed E-state index contributed by atoms with van der Waals surface area (Å²) in [6, 6.07) is 11.2. The Morgan fingerprint density at radius 2 is 1.90 bits per heavy atom. The first kappa shape index (κ1) is 14.0. The molecule has 0 amide bonds. The predicted molar refractivity (Wildman–Crippen MR) is 81.9 cm³/mol. The Balaban J connectivity index is 1.53. The summed E-state index contributed by atoms with van der Waals surface area (Å²) in [6.45, 7) is 2.98. The van der Waals surface area contributed by atoms with Gasteiger partial charge >= 0.3 is 0 Å². The fourth-order valence-corrected chi connectivity index (χ4v) is 2.94. The van der Waals surface area contributed by atoms with Crippen molar-refractivity contribution >= 4 is 5.69 Å². The molecule has 6 nitrogen and oxygen atoms in total. The molecule has 3 rings (SSSR count). The molecule has 0 atom stereocenters. The van der Waals surface area contributed by atoms with Gasteiger partial charge in [0.2, 0.25) is 0 Å². The van der Waals surface area contributed by atoms with Crippen LogP contribution in [0.25, 0.3) is 0 Å². The van der Waals surface area contributed by atoms with Gasteiger partial charge < -0.3 is 4.90 Å². The summed E-state index contributed by atoms with van der Waals surface area (Å²) in [5.41, 5.74) is 1.33. The van der Waals surface area contributed by atoms with Gasteiger partial charge in [0.1, 0.15) is 0 Å². The standard InChI is InChI=1S/C15H22N6/c1-19(12-15-16-18-20(2)17-15)13-8-10-21(11-9-13)14-6-4-3-5-7-14/h3-7,13H,8-12H2,1-2H3. The first-order valence-electron chi connectivity index (χ1n) is 7.45. The average Bonchev–Trinajstić information content (AvgIpc) is 2.93. The molecule has 2 aromatic rings. The van der Waals surface area contributed by atoms with Crippen LogP contribution in [-0.4, -0.2) is 51.3 Å². The van der Waals surface area contributed by atoms with Gasteiger partial charge in [-0.05, 0) is 37.2 Å². The topological polar surface area (TPSA) is 50.1 Å². The van der Waals surface area contributed by atoms with Gasteiger partial charge in [-0.2, -0.15) is 4.80 Å². The zero-order valence-corrected chi connectivity index (χ0v) is 12.7. The molecule has 0 bridgehead atoms. The van der Waals surface area contributed by atoms with Crippen molar-refractivity contribution in [2.75, 3.05) is 25.0 Å². The van der Waals surface area contributed by atoms with Crippen LogP contribution in [-0.2, 0) is 13.6 Å². The molecule has 1 saturated heterocycles. The number of piperidine rings is 1. The lowest BCUT2D eigenvalue weighted by atomic mass is 10.0. The van der Waals surface area contributed by atoms with Gasteiger partial charge in [-0.15, -0.1) is 10.2 Å². The number of anilines is 1. The van der Waals surface area contributed by atoms with Crippen LogP contribution in [0.5, 0.6) is 0 Å². The second-order valence-electron chi connectivity index (χ2n) is 5.66. The van der Waals surface area contributed by atoms with Crippen molar-refractivity contribution in [3.05, 3.63) is 36.2 Å². The van der Waals surface area contributed by atoms with Gasteiger partial charge in [-0.25, -0.2) is 0 Å². The van der Waals surface area contributed by atoms with E-state index in [4.69, 9.17) is 0 Å². The molecule has 6 heteroatoms. The molecule has 112 valence electrons. The molecule has 1 aromatic carbocycles. The minimum absolute atomic E-state index is 0.591. The van der Waals surface area contributed by atoms with Crippen LogP contribution >= 0.6 is 0 Å². The number of hydrogen-bond acceptors (Lipinski definition) is 5. The van der Waals surface area contributed by atoms with E-state index >= 15 is 0 Å². The molecule has 1 aliphatic heterocycles. The van der Waals surface area contributed by atoms with Crippen LogP contribution < -0.4 is 4.90 Å². The molecular weight excluding hydrogens is 264 g/mol. The van der Waals surface area contributed by atoms with E-state index in [2.05, 4.69) is 62.6 Å². The van der Waals surface area contributed by atoms with Crippen LogP contribution in [0.4, 0.5) is 5.69 Å². The smallest absolute Gasteiger partial charge is 0.188 e. The van der Waals surface area contributed by atoms with Crippen molar-refractivity contribution < 1.29 is 0 Å². The fourth-order valence-electron chi connectivity index (χ4n) is 2.94. The predicted octanol–water partition coefficient (Wildman–Crippen LogP) is 1.31. The molecular formula is C15H22N6. The van der Waals surface area contributed by atoms with Crippen molar-refractivity contribution in [3.63, 3.8) is 0 Å². The lowest BCUT2D eigenvalue weighted by molar-refractivity contribution is 0.196. The highest BCUT2D eigenvalue weighted by molar-refractivity contribution is 5.46. The molecule has 0 N–H and O–H groups in total. The number of rotatable bonds is 4. The summed E-state index contributed by atoms with van der Waals surface area (Å²) in [5.74, 6) is 0.797. The van der Waals surface area contributed by atoms with Crippen LogP contribution in [0.1, 0.15) is 18.7 Å². The molecule has 0 aliphatic carbocycles. The van der Waals surface area contributed by atoms with Gasteiger partial charge in [0.25, 0.3) is 0 Å². The van der Waals surface area contributed by atoms with Crippen LogP contribution in [0.3, 0.4) is 0 Å². The van der Waals surface area contributed by atoms with Gasteiger partial charge in [0, 0.05) is 24.8 Å². The number of hydrogen-bond donors (Lipinski definition) is 0. The normalized spacial score (nSPS) is 16.6. The zero-order valence-electron chi connectivity index (χ0n) is 12.7. The number of para-hydroxylation sites is 1. The second kappa shape index (κ2) is 6.22. The fraction of sp³-hybridized carbons (Fsp3) is 0.533. The Hall–Kier alpha value is -1.95. The van der Waals surface area contributed by atoms with E-state index in [1.807, 2.05) is 0 Å². The zero-order chi connectivity index (χ0) is 14.7. The van der Waals surface area contributed by atoms with E-state index in [1.165, 1.54) is 23.3 Å². The van der Waals surface area contributed by atoms with E-state index in [9.17, 15) is 0 Å². The number of tetrazole rings is 1. The Morgan fingerprint density at radius 1 is 1.19 bits per heavy atom. The molecule has 0 radical (unpaired) electrons. The maximum atomic E-state index is 4.25. The van der Waals surface area contributed by atoms with Gasteiger partial charge in [0.05, 0.1) is 13.6 Å². The monoisotopic (exact) mass is 286 g/mol. The molecule has 0 unspecified atom stereocenters. The number of aryl methyl sites for hydroxylation is 1. The summed E-state index contributed by atoms with van der Waals surface area (Å²) < 4.78 is 0. The molecule has 1 fully saturated rings. The van der Waals surface area contributed by atoms with E-state index in [0.717, 1.165) is 25.5 Å². The number of benzene rings is 1. The van der Waals surface area contributed by atoms with Gasteiger partial charge in [-0.3, -0.25) is 4.90 Å². The van der Waals surface area contributed by atoms with Crippen molar-refractivity contribution in [1.82, 2.24) is 25.1 Å². The Kier molecular flexibility index (Phi) is 4.15. The summed E-state index contributed by atoms with van der Waals surface area (Å²) in [5, 5.41) is 12.2. The Labute approximate surface area is 125 Å². The maximum absolute atomic E-state index is 4.25. The van der Waals surface area contributed by atoms with Gasteiger partial charge in [0.15, 0.2) is 5.82 Å². The lowest BCUT2D eigenvalue weighted by Crippen LogP contribution is -2.43. The van der Waals surface area contributed by atoms with Crippen molar-refractivity contribution in [2.24, 2.45) is 7.05 Å². The minimum Gasteiger partial charge on any atom is -0.371 e. The first-order valence-corrected chi connectivity index (χ1v) is 7.45. The van der Waals surface area contributed by atoms with Crippen molar-refractivity contribution in [1.29, 1.82) is 0 Å². The maximum Gasteiger partial charge on any atom is 0.188 e. The molecule has 2 heterocycles. The summed E-state index contributed by atoms with van der Waals surface area (Å²) in [7, 11) is 3.95. The molecule has 21 heavy (non-hydrogen) atoms.